The zero-order valence-corrected chi connectivity index (χ0v) is 16.5. The SMILES string of the molecule is CCCCOc1ccc(C#Cc2ccc(C(=O)Oc3cc(F)cc(F)c3)cc2)cc1. The summed E-state index contributed by atoms with van der Waals surface area (Å²) in [5.74, 6) is 4.35. The molecule has 3 aromatic rings. The Balaban J connectivity index is 1.61. The van der Waals surface area contributed by atoms with E-state index in [-0.39, 0.29) is 11.3 Å². The van der Waals surface area contributed by atoms with E-state index in [1.165, 1.54) is 0 Å². The summed E-state index contributed by atoms with van der Waals surface area (Å²) < 4.78 is 37.0. The topological polar surface area (TPSA) is 35.5 Å². The van der Waals surface area contributed by atoms with Gasteiger partial charge in [-0.2, -0.15) is 0 Å². The molecule has 0 spiro atoms. The summed E-state index contributed by atoms with van der Waals surface area (Å²) in [5, 5.41) is 0. The van der Waals surface area contributed by atoms with E-state index < -0.39 is 17.6 Å². The molecule has 0 aliphatic heterocycles. The minimum atomic E-state index is -0.816. The van der Waals surface area contributed by atoms with Crippen molar-refractivity contribution in [1.82, 2.24) is 0 Å². The molecule has 0 fully saturated rings. The Hall–Kier alpha value is -3.65. The smallest absolute Gasteiger partial charge is 0.343 e. The summed E-state index contributed by atoms with van der Waals surface area (Å²) in [6.07, 6.45) is 2.10. The first-order chi connectivity index (χ1) is 14.5. The van der Waals surface area contributed by atoms with Gasteiger partial charge in [0.15, 0.2) is 0 Å². The van der Waals surface area contributed by atoms with Crippen molar-refractivity contribution in [3.63, 3.8) is 0 Å². The van der Waals surface area contributed by atoms with E-state index in [1.807, 2.05) is 24.3 Å². The van der Waals surface area contributed by atoms with Crippen LogP contribution < -0.4 is 9.47 Å². The fourth-order valence-electron chi connectivity index (χ4n) is 2.56. The highest BCUT2D eigenvalue weighted by Gasteiger charge is 2.10. The molecule has 5 heteroatoms. The van der Waals surface area contributed by atoms with Crippen LogP contribution in [0.1, 0.15) is 41.3 Å². The van der Waals surface area contributed by atoms with E-state index in [4.69, 9.17) is 9.47 Å². The Morgan fingerprint density at radius 1 is 0.833 bits per heavy atom. The van der Waals surface area contributed by atoms with Crippen molar-refractivity contribution in [3.05, 3.63) is 95.1 Å². The molecule has 0 atom stereocenters. The van der Waals surface area contributed by atoms with Crippen LogP contribution in [0.4, 0.5) is 8.78 Å². The van der Waals surface area contributed by atoms with Crippen LogP contribution >= 0.6 is 0 Å². The van der Waals surface area contributed by atoms with Crippen LogP contribution in [-0.4, -0.2) is 12.6 Å². The van der Waals surface area contributed by atoms with Gasteiger partial charge in [0, 0.05) is 29.3 Å². The molecule has 0 aliphatic rings. The fourth-order valence-corrected chi connectivity index (χ4v) is 2.56. The van der Waals surface area contributed by atoms with Crippen molar-refractivity contribution in [2.75, 3.05) is 6.61 Å². The third-order valence-electron chi connectivity index (χ3n) is 4.14. The molecule has 30 heavy (non-hydrogen) atoms. The second-order valence-electron chi connectivity index (χ2n) is 6.55. The quantitative estimate of drug-likeness (QED) is 0.226. The maximum Gasteiger partial charge on any atom is 0.343 e. The van der Waals surface area contributed by atoms with E-state index in [0.29, 0.717) is 18.2 Å². The molecular weight excluding hydrogens is 386 g/mol. The Bertz CT molecular complexity index is 1040. The van der Waals surface area contributed by atoms with Gasteiger partial charge in [0.1, 0.15) is 23.1 Å². The van der Waals surface area contributed by atoms with Crippen LogP contribution in [0.25, 0.3) is 0 Å². The van der Waals surface area contributed by atoms with Gasteiger partial charge in [-0.3, -0.25) is 0 Å². The molecule has 3 aromatic carbocycles. The fraction of sp³-hybridized carbons (Fsp3) is 0.160. The van der Waals surface area contributed by atoms with Gasteiger partial charge in [-0.1, -0.05) is 25.2 Å². The third-order valence-corrected chi connectivity index (χ3v) is 4.14. The lowest BCUT2D eigenvalue weighted by Crippen LogP contribution is -2.08. The number of hydrogen-bond donors (Lipinski definition) is 0. The van der Waals surface area contributed by atoms with Crippen LogP contribution in [0, 0.1) is 23.5 Å². The normalized spacial score (nSPS) is 10.1. The predicted molar refractivity (Wildman–Crippen MR) is 111 cm³/mol. The summed E-state index contributed by atoms with van der Waals surface area (Å²) in [7, 11) is 0. The number of hydrogen-bond acceptors (Lipinski definition) is 3. The maximum atomic E-state index is 13.2. The van der Waals surface area contributed by atoms with Crippen LogP contribution in [-0.2, 0) is 0 Å². The van der Waals surface area contributed by atoms with Crippen molar-refractivity contribution in [2.24, 2.45) is 0 Å². The number of carbonyl (C=O) groups excluding carboxylic acids is 1. The maximum absolute atomic E-state index is 13.2. The third kappa shape index (κ3) is 6.18. The molecule has 0 aromatic heterocycles. The van der Waals surface area contributed by atoms with Crippen molar-refractivity contribution in [1.29, 1.82) is 0 Å². The molecule has 0 bridgehead atoms. The average Bonchev–Trinajstić information content (AvgIpc) is 2.73. The van der Waals surface area contributed by atoms with Gasteiger partial charge in [0.2, 0.25) is 0 Å². The number of esters is 1. The molecule has 0 amide bonds. The Morgan fingerprint density at radius 3 is 1.97 bits per heavy atom. The first-order valence-corrected chi connectivity index (χ1v) is 9.57. The highest BCUT2D eigenvalue weighted by molar-refractivity contribution is 5.91. The molecule has 0 N–H and O–H groups in total. The van der Waals surface area contributed by atoms with Crippen molar-refractivity contribution < 1.29 is 23.0 Å². The number of carbonyl (C=O) groups is 1. The van der Waals surface area contributed by atoms with Gasteiger partial charge < -0.3 is 9.47 Å². The first-order valence-electron chi connectivity index (χ1n) is 9.57. The Labute approximate surface area is 174 Å². The number of halogens is 2. The van der Waals surface area contributed by atoms with Gasteiger partial charge in [-0.05, 0) is 55.0 Å². The molecule has 0 heterocycles. The molecule has 152 valence electrons. The molecular formula is C25H20F2O3. The van der Waals surface area contributed by atoms with Gasteiger partial charge in [0.25, 0.3) is 0 Å². The van der Waals surface area contributed by atoms with Crippen LogP contribution in [0.15, 0.2) is 66.7 Å². The van der Waals surface area contributed by atoms with E-state index in [2.05, 4.69) is 18.8 Å². The number of ether oxygens (including phenoxy) is 2. The van der Waals surface area contributed by atoms with Gasteiger partial charge in [-0.25, -0.2) is 13.6 Å². The highest BCUT2D eigenvalue weighted by atomic mass is 19.1. The summed E-state index contributed by atoms with van der Waals surface area (Å²) in [6.45, 7) is 2.81. The van der Waals surface area contributed by atoms with E-state index in [0.717, 1.165) is 36.3 Å². The van der Waals surface area contributed by atoms with Crippen LogP contribution in [0.5, 0.6) is 11.5 Å². The molecule has 0 unspecified atom stereocenters. The lowest BCUT2D eigenvalue weighted by Gasteiger charge is -2.05. The Kier molecular flexibility index (Phi) is 7.18. The second kappa shape index (κ2) is 10.2. The minimum absolute atomic E-state index is 0.191. The van der Waals surface area contributed by atoms with E-state index >= 15 is 0 Å². The summed E-state index contributed by atoms with van der Waals surface area (Å²) in [4.78, 5) is 12.1. The molecule has 0 saturated heterocycles. The summed E-state index contributed by atoms with van der Waals surface area (Å²) in [6, 6.07) is 16.6. The number of benzene rings is 3. The van der Waals surface area contributed by atoms with Crippen LogP contribution in [0.2, 0.25) is 0 Å². The lowest BCUT2D eigenvalue weighted by atomic mass is 10.1. The van der Waals surface area contributed by atoms with Gasteiger partial charge in [-0.15, -0.1) is 0 Å². The van der Waals surface area contributed by atoms with Gasteiger partial charge >= 0.3 is 5.97 Å². The summed E-state index contributed by atoms with van der Waals surface area (Å²) in [5.41, 5.74) is 1.81. The number of unbranched alkanes of at least 4 members (excludes halogenated alkanes) is 1. The largest absolute Gasteiger partial charge is 0.494 e. The minimum Gasteiger partial charge on any atom is -0.494 e. The standard InChI is InChI=1S/C25H20F2O3/c1-2-3-14-29-23-12-8-19(9-13-23)5-4-18-6-10-20(11-7-18)25(28)30-24-16-21(26)15-22(27)17-24/h6-13,15-17H,2-3,14H2,1H3. The monoisotopic (exact) mass is 406 g/mol. The predicted octanol–water partition coefficient (Wildman–Crippen LogP) is 5.76. The Morgan fingerprint density at radius 2 is 1.40 bits per heavy atom. The van der Waals surface area contributed by atoms with Gasteiger partial charge in [0.05, 0.1) is 12.2 Å². The van der Waals surface area contributed by atoms with Crippen molar-refractivity contribution >= 4 is 5.97 Å². The zero-order chi connectivity index (χ0) is 21.3. The zero-order valence-electron chi connectivity index (χ0n) is 16.5. The molecule has 0 aliphatic carbocycles. The van der Waals surface area contributed by atoms with E-state index in [9.17, 15) is 13.6 Å². The second-order valence-corrected chi connectivity index (χ2v) is 6.55. The molecule has 3 rings (SSSR count). The molecule has 0 saturated carbocycles. The average molecular weight is 406 g/mol. The van der Waals surface area contributed by atoms with Crippen molar-refractivity contribution in [2.45, 2.75) is 19.8 Å². The lowest BCUT2D eigenvalue weighted by molar-refractivity contribution is 0.0734. The van der Waals surface area contributed by atoms with Crippen molar-refractivity contribution in [3.8, 4) is 23.3 Å². The molecule has 0 radical (unpaired) electrons. The first kappa shape index (κ1) is 21.1. The summed E-state index contributed by atoms with van der Waals surface area (Å²) >= 11 is 0. The number of rotatable bonds is 6. The van der Waals surface area contributed by atoms with E-state index in [1.54, 1.807) is 24.3 Å². The molecule has 3 nitrogen and oxygen atoms in total. The highest BCUT2D eigenvalue weighted by Crippen LogP contribution is 2.17. The van der Waals surface area contributed by atoms with Crippen LogP contribution in [0.3, 0.4) is 0 Å².